The zero-order chi connectivity index (χ0) is 22.5. The van der Waals surface area contributed by atoms with E-state index in [2.05, 4.69) is 10.1 Å². The zero-order valence-corrected chi connectivity index (χ0v) is 17.0. The molecule has 160 valence electrons. The molecule has 0 aliphatic heterocycles. The van der Waals surface area contributed by atoms with E-state index in [1.165, 1.54) is 25.1 Å². The van der Waals surface area contributed by atoms with Crippen LogP contribution in [-0.2, 0) is 14.3 Å². The Labute approximate surface area is 172 Å². The van der Waals surface area contributed by atoms with Crippen LogP contribution >= 0.6 is 0 Å². The van der Waals surface area contributed by atoms with E-state index in [1.54, 1.807) is 0 Å². The van der Waals surface area contributed by atoms with Crippen molar-refractivity contribution >= 4 is 23.6 Å². The third-order valence-corrected chi connectivity index (χ3v) is 4.11. The van der Waals surface area contributed by atoms with E-state index in [9.17, 15) is 22.8 Å². The number of anilines is 1. The summed E-state index contributed by atoms with van der Waals surface area (Å²) in [5.74, 6) is -1.60. The minimum atomic E-state index is -4.77. The lowest BCUT2D eigenvalue weighted by atomic mass is 10.0. The summed E-state index contributed by atoms with van der Waals surface area (Å²) in [4.78, 5) is 24.3. The second-order valence-electron chi connectivity index (χ2n) is 6.79. The number of benzene rings is 2. The van der Waals surface area contributed by atoms with Gasteiger partial charge in [0.05, 0.1) is 0 Å². The number of hydrogen-bond donors (Lipinski definition) is 1. The molecule has 1 amide bonds. The number of esters is 1. The average molecular weight is 421 g/mol. The number of carbonyl (C=O) groups is 2. The molecule has 0 radical (unpaired) electrons. The van der Waals surface area contributed by atoms with Gasteiger partial charge in [0.25, 0.3) is 5.91 Å². The summed E-state index contributed by atoms with van der Waals surface area (Å²) in [7, 11) is 0. The first kappa shape index (κ1) is 23.0. The first-order valence-corrected chi connectivity index (χ1v) is 9.08. The van der Waals surface area contributed by atoms with Crippen LogP contribution in [0.3, 0.4) is 0 Å². The van der Waals surface area contributed by atoms with E-state index in [4.69, 9.17) is 4.74 Å². The second-order valence-corrected chi connectivity index (χ2v) is 6.79. The molecular weight excluding hydrogens is 399 g/mol. The van der Waals surface area contributed by atoms with Crippen molar-refractivity contribution in [3.63, 3.8) is 0 Å². The Bertz CT molecular complexity index is 927. The summed E-state index contributed by atoms with van der Waals surface area (Å²) in [5.41, 5.74) is 4.01. The number of amides is 1. The highest BCUT2D eigenvalue weighted by Gasteiger charge is 2.30. The SMILES string of the molecule is Cc1cc(C)c(NC(=O)[C@@H](C)OC(=O)/C=C/c2ccc(OC(F)(F)F)cc2)c(C)c1. The first-order valence-electron chi connectivity index (χ1n) is 9.08. The summed E-state index contributed by atoms with van der Waals surface area (Å²) < 4.78 is 45.3. The third kappa shape index (κ3) is 6.95. The van der Waals surface area contributed by atoms with Crippen molar-refractivity contribution in [1.29, 1.82) is 0 Å². The molecule has 5 nitrogen and oxygen atoms in total. The molecule has 0 aromatic heterocycles. The number of carbonyl (C=O) groups excluding carboxylic acids is 2. The van der Waals surface area contributed by atoms with Crippen molar-refractivity contribution in [3.05, 3.63) is 64.7 Å². The van der Waals surface area contributed by atoms with Crippen LogP contribution in [0.2, 0.25) is 0 Å². The molecule has 8 heteroatoms. The van der Waals surface area contributed by atoms with Crippen molar-refractivity contribution in [3.8, 4) is 5.75 Å². The van der Waals surface area contributed by atoms with E-state index in [0.29, 0.717) is 11.3 Å². The summed E-state index contributed by atoms with van der Waals surface area (Å²) in [5, 5.41) is 2.76. The van der Waals surface area contributed by atoms with Gasteiger partial charge in [-0.15, -0.1) is 13.2 Å². The van der Waals surface area contributed by atoms with Crippen LogP contribution in [0.25, 0.3) is 6.08 Å². The van der Waals surface area contributed by atoms with Gasteiger partial charge in [-0.3, -0.25) is 4.79 Å². The maximum Gasteiger partial charge on any atom is 0.573 e. The molecule has 0 bridgehead atoms. The summed E-state index contributed by atoms with van der Waals surface area (Å²) in [6.07, 6.45) is -3.36. The fourth-order valence-electron chi connectivity index (χ4n) is 2.81. The Morgan fingerprint density at radius 2 is 1.60 bits per heavy atom. The van der Waals surface area contributed by atoms with Crippen molar-refractivity contribution in [2.75, 3.05) is 5.32 Å². The van der Waals surface area contributed by atoms with Crippen LogP contribution in [0.4, 0.5) is 18.9 Å². The van der Waals surface area contributed by atoms with Gasteiger partial charge >= 0.3 is 12.3 Å². The van der Waals surface area contributed by atoms with Crippen LogP contribution in [0, 0.1) is 20.8 Å². The normalized spacial score (nSPS) is 12.5. The van der Waals surface area contributed by atoms with Crippen LogP contribution in [-0.4, -0.2) is 24.3 Å². The molecule has 2 aromatic carbocycles. The number of alkyl halides is 3. The Balaban J connectivity index is 1.93. The Morgan fingerprint density at radius 1 is 1.03 bits per heavy atom. The molecule has 0 saturated heterocycles. The minimum Gasteiger partial charge on any atom is -0.449 e. The van der Waals surface area contributed by atoms with Crippen molar-refractivity contribution in [2.45, 2.75) is 40.2 Å². The third-order valence-electron chi connectivity index (χ3n) is 4.11. The Hall–Kier alpha value is -3.29. The molecule has 1 atom stereocenters. The lowest BCUT2D eigenvalue weighted by Gasteiger charge is -2.16. The predicted molar refractivity (Wildman–Crippen MR) is 107 cm³/mol. The molecule has 2 rings (SSSR count). The standard InChI is InChI=1S/C22H22F3NO4/c1-13-11-14(2)20(15(3)12-13)26-21(28)16(4)29-19(27)10-7-17-5-8-18(9-6-17)30-22(23,24)25/h5-12,16H,1-4H3,(H,26,28)/b10-7+/t16-/m1/s1. The van der Waals surface area contributed by atoms with Gasteiger partial charge in [-0.2, -0.15) is 0 Å². The molecule has 0 aliphatic carbocycles. The maximum absolute atomic E-state index is 12.3. The molecule has 1 N–H and O–H groups in total. The Morgan fingerprint density at radius 3 is 2.13 bits per heavy atom. The van der Waals surface area contributed by atoms with E-state index in [-0.39, 0.29) is 5.75 Å². The fraction of sp³-hybridized carbons (Fsp3) is 0.273. The molecule has 30 heavy (non-hydrogen) atoms. The van der Waals surface area contributed by atoms with Crippen LogP contribution < -0.4 is 10.1 Å². The van der Waals surface area contributed by atoms with Crippen molar-refractivity contribution < 1.29 is 32.2 Å². The van der Waals surface area contributed by atoms with Crippen molar-refractivity contribution in [2.24, 2.45) is 0 Å². The van der Waals surface area contributed by atoms with Gasteiger partial charge < -0.3 is 14.8 Å². The average Bonchev–Trinajstić information content (AvgIpc) is 2.62. The van der Waals surface area contributed by atoms with Gasteiger partial charge in [-0.05, 0) is 62.6 Å². The first-order chi connectivity index (χ1) is 13.9. The van der Waals surface area contributed by atoms with E-state index >= 15 is 0 Å². The number of ether oxygens (including phenoxy) is 2. The lowest BCUT2D eigenvalue weighted by molar-refractivity contribution is -0.274. The quantitative estimate of drug-likeness (QED) is 0.521. The van der Waals surface area contributed by atoms with Gasteiger partial charge in [-0.25, -0.2) is 4.79 Å². The molecule has 0 spiro atoms. The van der Waals surface area contributed by atoms with E-state index in [0.717, 1.165) is 34.9 Å². The highest BCUT2D eigenvalue weighted by atomic mass is 19.4. The number of nitrogens with one attached hydrogen (secondary N) is 1. The monoisotopic (exact) mass is 421 g/mol. The maximum atomic E-state index is 12.3. The molecular formula is C22H22F3NO4. The highest BCUT2D eigenvalue weighted by Crippen LogP contribution is 2.23. The van der Waals surface area contributed by atoms with Gasteiger partial charge in [0.15, 0.2) is 6.10 Å². The van der Waals surface area contributed by atoms with Gasteiger partial charge in [0, 0.05) is 11.8 Å². The number of aryl methyl sites for hydroxylation is 3. The summed E-state index contributed by atoms with van der Waals surface area (Å²) >= 11 is 0. The van der Waals surface area contributed by atoms with Gasteiger partial charge in [-0.1, -0.05) is 29.8 Å². The zero-order valence-electron chi connectivity index (χ0n) is 17.0. The predicted octanol–water partition coefficient (Wildman–Crippen LogP) is 5.09. The smallest absolute Gasteiger partial charge is 0.449 e. The molecule has 0 unspecified atom stereocenters. The molecule has 2 aromatic rings. The fourth-order valence-corrected chi connectivity index (χ4v) is 2.81. The largest absolute Gasteiger partial charge is 0.573 e. The summed E-state index contributed by atoms with van der Waals surface area (Å²) in [6.45, 7) is 7.16. The topological polar surface area (TPSA) is 64.6 Å². The molecule has 0 aliphatic rings. The molecule has 0 saturated carbocycles. The molecule has 0 heterocycles. The molecule has 0 fully saturated rings. The number of rotatable bonds is 6. The van der Waals surface area contributed by atoms with Crippen molar-refractivity contribution in [1.82, 2.24) is 0 Å². The summed E-state index contributed by atoms with van der Waals surface area (Å²) in [6, 6.07) is 8.83. The van der Waals surface area contributed by atoms with E-state index < -0.39 is 24.3 Å². The Kier molecular flexibility index (Phi) is 7.26. The number of hydrogen-bond acceptors (Lipinski definition) is 4. The van der Waals surface area contributed by atoms with Crippen LogP contribution in [0.1, 0.15) is 29.2 Å². The van der Waals surface area contributed by atoms with Crippen LogP contribution in [0.15, 0.2) is 42.5 Å². The van der Waals surface area contributed by atoms with Gasteiger partial charge in [0.1, 0.15) is 5.75 Å². The van der Waals surface area contributed by atoms with Crippen LogP contribution in [0.5, 0.6) is 5.75 Å². The van der Waals surface area contributed by atoms with E-state index in [1.807, 2.05) is 32.9 Å². The minimum absolute atomic E-state index is 0.366. The second kappa shape index (κ2) is 9.47. The lowest BCUT2D eigenvalue weighted by Crippen LogP contribution is -2.30. The number of halogens is 3. The highest BCUT2D eigenvalue weighted by molar-refractivity contribution is 5.97. The van der Waals surface area contributed by atoms with Gasteiger partial charge in [0.2, 0.25) is 0 Å².